The van der Waals surface area contributed by atoms with Crippen molar-refractivity contribution in [1.29, 1.82) is 0 Å². The topological polar surface area (TPSA) is 26.3 Å². The molecule has 0 radical (unpaired) electrons. The highest BCUT2D eigenvalue weighted by molar-refractivity contribution is 5.97. The predicted molar refractivity (Wildman–Crippen MR) is 56.4 cm³/mol. The minimum absolute atomic E-state index is 0.0209. The second kappa shape index (κ2) is 4.53. The van der Waals surface area contributed by atoms with Gasteiger partial charge < -0.3 is 4.74 Å². The van der Waals surface area contributed by atoms with Crippen LogP contribution in [0.3, 0.4) is 0 Å². The highest BCUT2D eigenvalue weighted by Gasteiger charge is 2.14. The molecule has 0 N–H and O–H groups in total. The number of hydrogen-bond donors (Lipinski definition) is 0. The number of Topliss-reactive ketones (excluding diaryl/α,β-unsaturated/α-hetero) is 1. The third kappa shape index (κ3) is 4.21. The minimum atomic E-state index is -0.406. The van der Waals surface area contributed by atoms with E-state index < -0.39 is 5.82 Å². The zero-order valence-electron chi connectivity index (χ0n) is 9.21. The first-order chi connectivity index (χ1) is 6.88. The van der Waals surface area contributed by atoms with E-state index in [1.807, 2.05) is 20.8 Å². The second-order valence-electron chi connectivity index (χ2n) is 4.33. The average Bonchev–Trinajstić information content (AvgIpc) is 2.13. The lowest BCUT2D eigenvalue weighted by molar-refractivity contribution is 0.00305. The Balaban J connectivity index is 2.62. The van der Waals surface area contributed by atoms with E-state index in [-0.39, 0.29) is 18.0 Å². The molecular formula is C12H15FO2. The van der Waals surface area contributed by atoms with Crippen molar-refractivity contribution >= 4 is 5.78 Å². The largest absolute Gasteiger partial charge is 0.368 e. The summed E-state index contributed by atoms with van der Waals surface area (Å²) in [7, 11) is 0. The molecule has 0 fully saturated rings. The van der Waals surface area contributed by atoms with Crippen LogP contribution in [0.5, 0.6) is 0 Å². The van der Waals surface area contributed by atoms with Crippen LogP contribution in [-0.2, 0) is 4.74 Å². The Morgan fingerprint density at radius 1 is 1.40 bits per heavy atom. The first kappa shape index (κ1) is 11.9. The molecule has 0 aromatic heterocycles. The van der Waals surface area contributed by atoms with Crippen LogP contribution in [0.15, 0.2) is 24.3 Å². The van der Waals surface area contributed by atoms with Gasteiger partial charge in [0.1, 0.15) is 12.4 Å². The van der Waals surface area contributed by atoms with Crippen LogP contribution in [0.4, 0.5) is 4.39 Å². The van der Waals surface area contributed by atoms with Gasteiger partial charge in [0.05, 0.1) is 5.60 Å². The van der Waals surface area contributed by atoms with Gasteiger partial charge in [0, 0.05) is 5.56 Å². The summed E-state index contributed by atoms with van der Waals surface area (Å²) in [6.07, 6.45) is 0. The molecule has 2 nitrogen and oxygen atoms in total. The van der Waals surface area contributed by atoms with E-state index in [9.17, 15) is 9.18 Å². The van der Waals surface area contributed by atoms with Crippen molar-refractivity contribution in [3.8, 4) is 0 Å². The third-order valence-corrected chi connectivity index (χ3v) is 1.78. The summed E-state index contributed by atoms with van der Waals surface area (Å²) in [6.45, 7) is 5.58. The molecule has 1 aromatic rings. The van der Waals surface area contributed by atoms with Gasteiger partial charge in [-0.25, -0.2) is 4.39 Å². The fraction of sp³-hybridized carbons (Fsp3) is 0.417. The summed E-state index contributed by atoms with van der Waals surface area (Å²) < 4.78 is 18.1. The quantitative estimate of drug-likeness (QED) is 0.717. The number of ketones is 1. The van der Waals surface area contributed by atoms with Gasteiger partial charge in [-0.05, 0) is 32.9 Å². The molecule has 0 unspecified atom stereocenters. The van der Waals surface area contributed by atoms with E-state index in [1.165, 1.54) is 18.2 Å². The first-order valence-electron chi connectivity index (χ1n) is 4.81. The van der Waals surface area contributed by atoms with Gasteiger partial charge in [0.2, 0.25) is 0 Å². The SMILES string of the molecule is CC(C)(C)OCC(=O)c1cccc(F)c1. The lowest BCUT2D eigenvalue weighted by Gasteiger charge is -2.18. The van der Waals surface area contributed by atoms with Crippen molar-refractivity contribution < 1.29 is 13.9 Å². The van der Waals surface area contributed by atoms with Crippen molar-refractivity contribution in [3.63, 3.8) is 0 Å². The fourth-order valence-corrected chi connectivity index (χ4v) is 1.03. The van der Waals surface area contributed by atoms with E-state index in [2.05, 4.69) is 0 Å². The van der Waals surface area contributed by atoms with E-state index in [4.69, 9.17) is 4.74 Å². The summed E-state index contributed by atoms with van der Waals surface area (Å²) in [5, 5.41) is 0. The van der Waals surface area contributed by atoms with Crippen molar-refractivity contribution in [2.45, 2.75) is 26.4 Å². The molecule has 82 valence electrons. The number of rotatable bonds is 3. The van der Waals surface area contributed by atoms with E-state index >= 15 is 0 Å². The van der Waals surface area contributed by atoms with Crippen LogP contribution in [-0.4, -0.2) is 18.0 Å². The van der Waals surface area contributed by atoms with Crippen molar-refractivity contribution in [2.24, 2.45) is 0 Å². The summed E-state index contributed by atoms with van der Waals surface area (Å²) in [5.41, 5.74) is -0.0116. The molecule has 0 spiro atoms. The number of carbonyl (C=O) groups is 1. The van der Waals surface area contributed by atoms with Crippen LogP contribution in [0.1, 0.15) is 31.1 Å². The highest BCUT2D eigenvalue weighted by atomic mass is 19.1. The standard InChI is InChI=1S/C12H15FO2/c1-12(2,3)15-8-11(14)9-5-4-6-10(13)7-9/h4-7H,8H2,1-3H3. The van der Waals surface area contributed by atoms with Crippen molar-refractivity contribution in [3.05, 3.63) is 35.6 Å². The molecular weight excluding hydrogens is 195 g/mol. The van der Waals surface area contributed by atoms with Gasteiger partial charge in [0.25, 0.3) is 0 Å². The molecule has 1 aromatic carbocycles. The van der Waals surface area contributed by atoms with Crippen LogP contribution in [0, 0.1) is 5.82 Å². The third-order valence-electron chi connectivity index (χ3n) is 1.78. The van der Waals surface area contributed by atoms with Crippen LogP contribution in [0.2, 0.25) is 0 Å². The molecule has 1 rings (SSSR count). The number of halogens is 1. The highest BCUT2D eigenvalue weighted by Crippen LogP contribution is 2.09. The molecule has 0 aliphatic carbocycles. The summed E-state index contributed by atoms with van der Waals surface area (Å²) in [4.78, 5) is 11.6. The van der Waals surface area contributed by atoms with Crippen molar-refractivity contribution in [2.75, 3.05) is 6.61 Å². The fourth-order valence-electron chi connectivity index (χ4n) is 1.03. The average molecular weight is 210 g/mol. The number of benzene rings is 1. The van der Waals surface area contributed by atoms with Crippen LogP contribution in [0.25, 0.3) is 0 Å². The monoisotopic (exact) mass is 210 g/mol. The summed E-state index contributed by atoms with van der Waals surface area (Å²) >= 11 is 0. The summed E-state index contributed by atoms with van der Waals surface area (Å²) in [5.74, 6) is -0.610. The molecule has 0 aliphatic rings. The molecule has 15 heavy (non-hydrogen) atoms. The maximum Gasteiger partial charge on any atom is 0.188 e. The Hall–Kier alpha value is -1.22. The second-order valence-corrected chi connectivity index (χ2v) is 4.33. The molecule has 0 bridgehead atoms. The molecule has 0 amide bonds. The summed E-state index contributed by atoms with van der Waals surface area (Å²) in [6, 6.07) is 5.62. The van der Waals surface area contributed by atoms with Gasteiger partial charge in [-0.2, -0.15) is 0 Å². The molecule has 0 saturated heterocycles. The van der Waals surface area contributed by atoms with E-state index in [0.717, 1.165) is 0 Å². The lowest BCUT2D eigenvalue weighted by Crippen LogP contribution is -2.23. The Morgan fingerprint density at radius 3 is 2.60 bits per heavy atom. The molecule has 0 aliphatic heterocycles. The predicted octanol–water partition coefficient (Wildman–Crippen LogP) is 2.82. The first-order valence-corrected chi connectivity index (χ1v) is 4.81. The van der Waals surface area contributed by atoms with E-state index in [1.54, 1.807) is 6.07 Å². The lowest BCUT2D eigenvalue weighted by atomic mass is 10.1. The normalized spacial score (nSPS) is 11.5. The van der Waals surface area contributed by atoms with Crippen LogP contribution >= 0.6 is 0 Å². The minimum Gasteiger partial charge on any atom is -0.368 e. The molecule has 0 saturated carbocycles. The zero-order chi connectivity index (χ0) is 11.5. The maximum atomic E-state index is 12.8. The molecule has 0 atom stereocenters. The number of hydrogen-bond acceptors (Lipinski definition) is 2. The van der Waals surface area contributed by atoms with E-state index in [0.29, 0.717) is 5.56 Å². The van der Waals surface area contributed by atoms with Gasteiger partial charge >= 0.3 is 0 Å². The smallest absolute Gasteiger partial charge is 0.188 e. The van der Waals surface area contributed by atoms with Crippen molar-refractivity contribution in [1.82, 2.24) is 0 Å². The molecule has 0 heterocycles. The Bertz CT molecular complexity index is 353. The van der Waals surface area contributed by atoms with Gasteiger partial charge in [0.15, 0.2) is 5.78 Å². The van der Waals surface area contributed by atoms with Gasteiger partial charge in [-0.15, -0.1) is 0 Å². The number of carbonyl (C=O) groups excluding carboxylic acids is 1. The Labute approximate surface area is 89.1 Å². The van der Waals surface area contributed by atoms with Gasteiger partial charge in [-0.3, -0.25) is 4.79 Å². The Morgan fingerprint density at radius 2 is 2.07 bits per heavy atom. The van der Waals surface area contributed by atoms with Crippen LogP contribution < -0.4 is 0 Å². The Kier molecular flexibility index (Phi) is 3.58. The van der Waals surface area contributed by atoms with Gasteiger partial charge in [-0.1, -0.05) is 12.1 Å². The molecule has 3 heteroatoms. The zero-order valence-corrected chi connectivity index (χ0v) is 9.21. The number of ether oxygens (including phenoxy) is 1. The maximum absolute atomic E-state index is 12.8.